The van der Waals surface area contributed by atoms with Crippen LogP contribution in [0, 0.1) is 11.6 Å². The highest BCUT2D eigenvalue weighted by atomic mass is 28.3. The molecule has 2 heterocycles. The van der Waals surface area contributed by atoms with Gasteiger partial charge in [-0.05, 0) is 29.7 Å². The zero-order chi connectivity index (χ0) is 20.1. The number of fused-ring (bicyclic) bond motifs is 3. The summed E-state index contributed by atoms with van der Waals surface area (Å²) in [7, 11) is -2.16. The zero-order valence-electron chi connectivity index (χ0n) is 16.3. The molecule has 148 valence electrons. The van der Waals surface area contributed by atoms with Crippen molar-refractivity contribution in [3.63, 3.8) is 0 Å². The molecule has 28 heavy (non-hydrogen) atoms. The molecule has 1 amide bonds. The van der Waals surface area contributed by atoms with E-state index < -0.39 is 25.8 Å². The maximum Gasteiger partial charge on any atom is 0.246 e. The van der Waals surface area contributed by atoms with Gasteiger partial charge in [0.25, 0.3) is 0 Å². The van der Waals surface area contributed by atoms with Crippen molar-refractivity contribution in [1.29, 1.82) is 0 Å². The van der Waals surface area contributed by atoms with Crippen LogP contribution in [0.3, 0.4) is 0 Å². The molecule has 2 N–H and O–H groups in total. The summed E-state index contributed by atoms with van der Waals surface area (Å²) in [5, 5.41) is 6.03. The molecule has 2 aliphatic rings. The number of anilines is 1. The molecular weight excluding hydrogens is 378 g/mol. The number of hydrogen-bond donors (Lipinski definition) is 2. The SMILES string of the molecule is C[Si](C)(C)c1c(F)cc(NC(=O)C2NCCc3c2ccc2c3OCC2)cc1F. The molecule has 4 rings (SSSR count). The summed E-state index contributed by atoms with van der Waals surface area (Å²) >= 11 is 0. The third kappa shape index (κ3) is 3.33. The van der Waals surface area contributed by atoms with Crippen molar-refractivity contribution >= 4 is 24.9 Å². The van der Waals surface area contributed by atoms with Crippen LogP contribution in [0.25, 0.3) is 0 Å². The van der Waals surface area contributed by atoms with Gasteiger partial charge in [-0.15, -0.1) is 0 Å². The predicted molar refractivity (Wildman–Crippen MR) is 108 cm³/mol. The number of amides is 1. The lowest BCUT2D eigenvalue weighted by Crippen LogP contribution is -2.42. The molecule has 4 nitrogen and oxygen atoms in total. The van der Waals surface area contributed by atoms with Gasteiger partial charge in [0.1, 0.15) is 23.4 Å². The average molecular weight is 403 g/mol. The molecule has 0 radical (unpaired) electrons. The van der Waals surface area contributed by atoms with Crippen molar-refractivity contribution in [3.05, 3.63) is 52.6 Å². The Morgan fingerprint density at radius 3 is 2.57 bits per heavy atom. The number of carbonyl (C=O) groups is 1. The maximum absolute atomic E-state index is 14.5. The third-order valence-corrected chi connectivity index (χ3v) is 7.33. The van der Waals surface area contributed by atoms with Gasteiger partial charge in [-0.25, -0.2) is 8.78 Å². The van der Waals surface area contributed by atoms with Gasteiger partial charge in [0, 0.05) is 29.4 Å². The number of nitrogens with one attached hydrogen (secondary N) is 2. The summed E-state index contributed by atoms with van der Waals surface area (Å²) in [4.78, 5) is 12.9. The quantitative estimate of drug-likeness (QED) is 0.775. The van der Waals surface area contributed by atoms with Gasteiger partial charge in [0.05, 0.1) is 14.7 Å². The highest BCUT2D eigenvalue weighted by Crippen LogP contribution is 2.37. The molecule has 1 unspecified atom stereocenters. The molecule has 2 aliphatic heterocycles. The van der Waals surface area contributed by atoms with Crippen LogP contribution in [-0.2, 0) is 17.6 Å². The van der Waals surface area contributed by atoms with E-state index in [0.717, 1.165) is 29.7 Å². The number of carbonyl (C=O) groups excluding carboxylic acids is 1. The van der Waals surface area contributed by atoms with E-state index in [9.17, 15) is 13.6 Å². The summed E-state index contributed by atoms with van der Waals surface area (Å²) in [6.07, 6.45) is 1.67. The largest absolute Gasteiger partial charge is 0.493 e. The summed E-state index contributed by atoms with van der Waals surface area (Å²) in [6, 6.07) is 5.79. The minimum absolute atomic E-state index is 0.133. The fraction of sp³-hybridized carbons (Fsp3) is 0.381. The number of benzene rings is 2. The van der Waals surface area contributed by atoms with Gasteiger partial charge in [-0.2, -0.15) is 0 Å². The molecule has 2 aromatic carbocycles. The van der Waals surface area contributed by atoms with Crippen molar-refractivity contribution in [2.45, 2.75) is 38.5 Å². The fourth-order valence-electron chi connectivity index (χ4n) is 4.12. The summed E-state index contributed by atoms with van der Waals surface area (Å²) in [5.41, 5.74) is 3.23. The standard InChI is InChI=1S/C21H24F2N2O2Si/c1-28(2,3)20-16(22)10-13(11-17(20)23)25-21(26)18-14-5-4-12-7-9-27-19(12)15(14)6-8-24-18/h4-5,10-11,18,24H,6-9H2,1-3H3,(H,25,26). The smallest absolute Gasteiger partial charge is 0.246 e. The van der Waals surface area contributed by atoms with E-state index >= 15 is 0 Å². The van der Waals surface area contributed by atoms with Crippen LogP contribution in [-0.4, -0.2) is 27.1 Å². The van der Waals surface area contributed by atoms with Crippen molar-refractivity contribution < 1.29 is 18.3 Å². The van der Waals surface area contributed by atoms with E-state index in [0.29, 0.717) is 13.2 Å². The number of hydrogen-bond acceptors (Lipinski definition) is 3. The minimum Gasteiger partial charge on any atom is -0.493 e. The van der Waals surface area contributed by atoms with Crippen molar-refractivity contribution in [1.82, 2.24) is 5.32 Å². The first kappa shape index (κ1) is 19.1. The molecule has 2 aromatic rings. The average Bonchev–Trinajstić information content (AvgIpc) is 3.08. The van der Waals surface area contributed by atoms with Crippen LogP contribution >= 0.6 is 0 Å². The van der Waals surface area contributed by atoms with Crippen LogP contribution in [0.1, 0.15) is 22.7 Å². The molecule has 0 fully saturated rings. The number of rotatable bonds is 3. The van der Waals surface area contributed by atoms with E-state index in [4.69, 9.17) is 4.74 Å². The van der Waals surface area contributed by atoms with Crippen molar-refractivity contribution in [3.8, 4) is 5.75 Å². The number of ether oxygens (including phenoxy) is 1. The number of halogens is 2. The lowest BCUT2D eigenvalue weighted by atomic mass is 9.91. The molecular formula is C21H24F2N2O2Si. The lowest BCUT2D eigenvalue weighted by Gasteiger charge is -2.27. The van der Waals surface area contributed by atoms with Crippen LogP contribution in [0.2, 0.25) is 19.6 Å². The molecule has 0 bridgehead atoms. The first-order valence-corrected chi connectivity index (χ1v) is 13.1. The summed E-state index contributed by atoms with van der Waals surface area (Å²) in [5.74, 6) is -0.637. The Morgan fingerprint density at radius 2 is 1.89 bits per heavy atom. The molecule has 0 spiro atoms. The second kappa shape index (κ2) is 6.97. The van der Waals surface area contributed by atoms with Gasteiger partial charge in [0.15, 0.2) is 0 Å². The topological polar surface area (TPSA) is 50.4 Å². The van der Waals surface area contributed by atoms with E-state index in [1.54, 1.807) is 0 Å². The first-order valence-electron chi connectivity index (χ1n) is 9.57. The molecule has 0 aromatic heterocycles. The van der Waals surface area contributed by atoms with Gasteiger partial charge < -0.3 is 15.4 Å². The third-order valence-electron chi connectivity index (χ3n) is 5.35. The molecule has 0 saturated carbocycles. The van der Waals surface area contributed by atoms with Gasteiger partial charge >= 0.3 is 0 Å². The summed E-state index contributed by atoms with van der Waals surface area (Å²) in [6.45, 7) is 6.96. The monoisotopic (exact) mass is 402 g/mol. The van der Waals surface area contributed by atoms with Crippen LogP contribution in [0.5, 0.6) is 5.75 Å². The fourth-order valence-corrected chi connectivity index (χ4v) is 5.70. The highest BCUT2D eigenvalue weighted by Gasteiger charge is 2.31. The van der Waals surface area contributed by atoms with Crippen LogP contribution in [0.4, 0.5) is 14.5 Å². The highest BCUT2D eigenvalue weighted by molar-refractivity contribution is 6.88. The van der Waals surface area contributed by atoms with Gasteiger partial charge in [-0.1, -0.05) is 31.8 Å². The zero-order valence-corrected chi connectivity index (χ0v) is 17.3. The Hall–Kier alpha value is -2.25. The lowest BCUT2D eigenvalue weighted by molar-refractivity contribution is -0.118. The Bertz CT molecular complexity index is 933. The maximum atomic E-state index is 14.5. The minimum atomic E-state index is -2.16. The van der Waals surface area contributed by atoms with Gasteiger partial charge in [0.2, 0.25) is 5.91 Å². The second-order valence-electron chi connectivity index (χ2n) is 8.41. The van der Waals surface area contributed by atoms with Crippen molar-refractivity contribution in [2.75, 3.05) is 18.5 Å². The molecule has 0 aliphatic carbocycles. The molecule has 7 heteroatoms. The Kier molecular flexibility index (Phi) is 4.75. The predicted octanol–water partition coefficient (Wildman–Crippen LogP) is 3.27. The molecule has 1 atom stereocenters. The van der Waals surface area contributed by atoms with E-state index in [1.165, 1.54) is 17.7 Å². The van der Waals surface area contributed by atoms with E-state index in [1.807, 2.05) is 31.8 Å². The van der Waals surface area contributed by atoms with E-state index in [2.05, 4.69) is 10.6 Å². The van der Waals surface area contributed by atoms with Crippen LogP contribution in [0.15, 0.2) is 24.3 Å². The Morgan fingerprint density at radius 1 is 1.18 bits per heavy atom. The molecule has 0 saturated heterocycles. The van der Waals surface area contributed by atoms with Crippen molar-refractivity contribution in [2.24, 2.45) is 0 Å². The Labute approximate surface area is 164 Å². The van der Waals surface area contributed by atoms with E-state index in [-0.39, 0.29) is 16.8 Å². The Balaban J connectivity index is 1.61. The van der Waals surface area contributed by atoms with Gasteiger partial charge in [-0.3, -0.25) is 4.79 Å². The normalized spacial score (nSPS) is 18.2. The second-order valence-corrected chi connectivity index (χ2v) is 13.4. The first-order chi connectivity index (χ1) is 13.3. The van der Waals surface area contributed by atoms with Crippen LogP contribution < -0.4 is 20.6 Å². The summed E-state index contributed by atoms with van der Waals surface area (Å²) < 4.78 is 34.8.